The van der Waals surface area contributed by atoms with Gasteiger partial charge < -0.3 is 20.1 Å². The molecule has 2 rings (SSSR count). The number of carbonyl (C=O) groups is 2. The van der Waals surface area contributed by atoms with Crippen LogP contribution in [0.3, 0.4) is 0 Å². The van der Waals surface area contributed by atoms with Crippen LogP contribution in [-0.2, 0) is 16.0 Å². The molecule has 0 unspecified atom stereocenters. The molecule has 27 heavy (non-hydrogen) atoms. The van der Waals surface area contributed by atoms with Crippen LogP contribution in [-0.4, -0.2) is 32.6 Å². The lowest BCUT2D eigenvalue weighted by Gasteiger charge is -2.09. The molecule has 0 saturated heterocycles. The number of ether oxygens (including phenoxy) is 2. The lowest BCUT2D eigenvalue weighted by molar-refractivity contribution is -0.120. The van der Waals surface area contributed by atoms with Crippen LogP contribution in [0.15, 0.2) is 42.5 Å². The third kappa shape index (κ3) is 6.40. The first-order chi connectivity index (χ1) is 13.0. The number of carbonyl (C=O) groups excluding carboxylic acids is 2. The molecule has 0 aliphatic heterocycles. The van der Waals surface area contributed by atoms with Gasteiger partial charge in [0.2, 0.25) is 11.8 Å². The molecule has 0 spiro atoms. The van der Waals surface area contributed by atoms with Gasteiger partial charge in [-0.05, 0) is 42.0 Å². The average Bonchev–Trinajstić information content (AvgIpc) is 2.66. The maximum atomic E-state index is 12.0. The highest BCUT2D eigenvalue weighted by Gasteiger charge is 2.07. The van der Waals surface area contributed by atoms with E-state index >= 15 is 0 Å². The molecule has 0 heterocycles. The van der Waals surface area contributed by atoms with Gasteiger partial charge >= 0.3 is 0 Å². The molecule has 2 aromatic rings. The second kappa shape index (κ2) is 9.88. The summed E-state index contributed by atoms with van der Waals surface area (Å²) in [5, 5.41) is 5.46. The van der Waals surface area contributed by atoms with Crippen LogP contribution in [0.25, 0.3) is 0 Å². The molecule has 6 nitrogen and oxygen atoms in total. The van der Waals surface area contributed by atoms with E-state index < -0.39 is 0 Å². The van der Waals surface area contributed by atoms with Crippen molar-refractivity contribution in [1.29, 1.82) is 0 Å². The predicted molar refractivity (Wildman–Crippen MR) is 104 cm³/mol. The molecule has 0 aliphatic rings. The van der Waals surface area contributed by atoms with Gasteiger partial charge in [-0.3, -0.25) is 9.59 Å². The zero-order chi connectivity index (χ0) is 19.6. The molecule has 0 radical (unpaired) electrons. The number of hydrogen-bond donors (Lipinski definition) is 2. The third-order valence-corrected chi connectivity index (χ3v) is 3.62. The van der Waals surface area contributed by atoms with E-state index in [2.05, 4.69) is 22.5 Å². The summed E-state index contributed by atoms with van der Waals surface area (Å²) in [7, 11) is 3.12. The Kier molecular flexibility index (Phi) is 7.26. The van der Waals surface area contributed by atoms with E-state index in [4.69, 9.17) is 9.47 Å². The fraction of sp³-hybridized carbons (Fsp3) is 0.238. The molecule has 0 aliphatic carbocycles. The summed E-state index contributed by atoms with van der Waals surface area (Å²) >= 11 is 0. The molecule has 0 atom stereocenters. The van der Waals surface area contributed by atoms with Crippen LogP contribution in [0.1, 0.15) is 18.1 Å². The van der Waals surface area contributed by atoms with Crippen molar-refractivity contribution in [1.82, 2.24) is 5.32 Å². The Labute approximate surface area is 158 Å². The molecular weight excluding hydrogens is 344 g/mol. The zero-order valence-corrected chi connectivity index (χ0v) is 15.6. The first-order valence-corrected chi connectivity index (χ1v) is 8.36. The number of hydrogen-bond acceptors (Lipinski definition) is 4. The number of anilines is 1. The number of rotatable bonds is 6. The van der Waals surface area contributed by atoms with Crippen molar-refractivity contribution in [3.05, 3.63) is 53.6 Å². The quantitative estimate of drug-likeness (QED) is 0.770. The minimum atomic E-state index is -0.127. The van der Waals surface area contributed by atoms with Crippen LogP contribution in [0.5, 0.6) is 11.5 Å². The second-order valence-corrected chi connectivity index (χ2v) is 5.70. The van der Waals surface area contributed by atoms with Crippen molar-refractivity contribution in [2.75, 3.05) is 26.1 Å². The monoisotopic (exact) mass is 366 g/mol. The topological polar surface area (TPSA) is 76.7 Å². The summed E-state index contributed by atoms with van der Waals surface area (Å²) in [4.78, 5) is 23.0. The average molecular weight is 366 g/mol. The standard InChI is InChI=1S/C21H22N2O4/c1-15(24)23-18-9-6-16(7-10-18)5-4-12-22-21(25)14-17-8-11-19(26-2)20(13-17)27-3/h6-11,13H,12,14H2,1-3H3,(H,22,25)(H,23,24). The maximum absolute atomic E-state index is 12.0. The predicted octanol–water partition coefficient (Wildman–Crippen LogP) is 2.37. The smallest absolute Gasteiger partial charge is 0.225 e. The lowest BCUT2D eigenvalue weighted by Crippen LogP contribution is -2.25. The summed E-state index contributed by atoms with van der Waals surface area (Å²) in [5.41, 5.74) is 2.35. The Morgan fingerprint density at radius 2 is 1.70 bits per heavy atom. The highest BCUT2D eigenvalue weighted by Crippen LogP contribution is 2.27. The molecule has 0 fully saturated rings. The normalized spacial score (nSPS) is 9.59. The SMILES string of the molecule is COc1ccc(CC(=O)NCC#Cc2ccc(NC(C)=O)cc2)cc1OC. The van der Waals surface area contributed by atoms with Gasteiger partial charge in [0, 0.05) is 18.2 Å². The largest absolute Gasteiger partial charge is 0.493 e. The Morgan fingerprint density at radius 3 is 2.33 bits per heavy atom. The van der Waals surface area contributed by atoms with Crippen molar-refractivity contribution in [2.45, 2.75) is 13.3 Å². The lowest BCUT2D eigenvalue weighted by atomic mass is 10.1. The molecule has 140 valence electrons. The van der Waals surface area contributed by atoms with Crippen molar-refractivity contribution in [3.63, 3.8) is 0 Å². The van der Waals surface area contributed by atoms with Crippen LogP contribution < -0.4 is 20.1 Å². The van der Waals surface area contributed by atoms with Gasteiger partial charge in [0.15, 0.2) is 11.5 Å². The van der Waals surface area contributed by atoms with Crippen LogP contribution in [0.4, 0.5) is 5.69 Å². The fourth-order valence-corrected chi connectivity index (χ4v) is 2.37. The molecule has 0 saturated carbocycles. The highest BCUT2D eigenvalue weighted by atomic mass is 16.5. The van der Waals surface area contributed by atoms with Gasteiger partial charge in [-0.15, -0.1) is 0 Å². The number of amides is 2. The number of methoxy groups -OCH3 is 2. The number of benzene rings is 2. The molecule has 2 amide bonds. The molecule has 2 N–H and O–H groups in total. The Hall–Kier alpha value is -3.46. The van der Waals surface area contributed by atoms with E-state index in [1.165, 1.54) is 6.92 Å². The van der Waals surface area contributed by atoms with E-state index in [9.17, 15) is 9.59 Å². The minimum absolute atomic E-state index is 0.119. The number of nitrogens with one attached hydrogen (secondary N) is 2. The maximum Gasteiger partial charge on any atom is 0.225 e. The summed E-state index contributed by atoms with van der Waals surface area (Å²) in [6.45, 7) is 1.71. The first-order valence-electron chi connectivity index (χ1n) is 8.36. The minimum Gasteiger partial charge on any atom is -0.493 e. The van der Waals surface area contributed by atoms with Crippen molar-refractivity contribution >= 4 is 17.5 Å². The van der Waals surface area contributed by atoms with E-state index in [0.717, 1.165) is 16.8 Å². The van der Waals surface area contributed by atoms with Gasteiger partial charge in [0.25, 0.3) is 0 Å². The summed E-state index contributed by atoms with van der Waals surface area (Å²) < 4.78 is 10.4. The van der Waals surface area contributed by atoms with Crippen molar-refractivity contribution in [2.24, 2.45) is 0 Å². The van der Waals surface area contributed by atoms with Gasteiger partial charge in [-0.1, -0.05) is 17.9 Å². The van der Waals surface area contributed by atoms with Gasteiger partial charge in [-0.25, -0.2) is 0 Å². The van der Waals surface area contributed by atoms with E-state index in [0.29, 0.717) is 11.5 Å². The summed E-state index contributed by atoms with van der Waals surface area (Å²) in [6, 6.07) is 12.5. The molecule has 2 aromatic carbocycles. The zero-order valence-electron chi connectivity index (χ0n) is 15.6. The van der Waals surface area contributed by atoms with E-state index in [1.54, 1.807) is 38.5 Å². The fourth-order valence-electron chi connectivity index (χ4n) is 2.37. The third-order valence-electron chi connectivity index (χ3n) is 3.62. The Bertz CT molecular complexity index is 864. The molecule has 0 aromatic heterocycles. The molecular formula is C21H22N2O4. The molecule has 6 heteroatoms. The van der Waals surface area contributed by atoms with Crippen molar-refractivity contribution < 1.29 is 19.1 Å². The van der Waals surface area contributed by atoms with Gasteiger partial charge in [-0.2, -0.15) is 0 Å². The van der Waals surface area contributed by atoms with Crippen LogP contribution in [0, 0.1) is 11.8 Å². The van der Waals surface area contributed by atoms with Crippen LogP contribution in [0.2, 0.25) is 0 Å². The summed E-state index contributed by atoms with van der Waals surface area (Å²) in [6.07, 6.45) is 0.230. The van der Waals surface area contributed by atoms with E-state index in [1.807, 2.05) is 18.2 Å². The van der Waals surface area contributed by atoms with Crippen LogP contribution >= 0.6 is 0 Å². The summed E-state index contributed by atoms with van der Waals surface area (Å²) in [5.74, 6) is 6.83. The Balaban J connectivity index is 1.84. The molecule has 0 bridgehead atoms. The van der Waals surface area contributed by atoms with Crippen molar-refractivity contribution in [3.8, 4) is 23.3 Å². The highest BCUT2D eigenvalue weighted by molar-refractivity contribution is 5.88. The van der Waals surface area contributed by atoms with E-state index in [-0.39, 0.29) is 24.8 Å². The van der Waals surface area contributed by atoms with Gasteiger partial charge in [0.05, 0.1) is 27.2 Å². The van der Waals surface area contributed by atoms with Gasteiger partial charge in [0.1, 0.15) is 0 Å². The second-order valence-electron chi connectivity index (χ2n) is 5.70. The first kappa shape index (κ1) is 19.9. The Morgan fingerprint density at radius 1 is 1.00 bits per heavy atom.